The Morgan fingerprint density at radius 2 is 1.94 bits per heavy atom. The first-order valence-electron chi connectivity index (χ1n) is 6.00. The molecule has 1 rings (SSSR count). The summed E-state index contributed by atoms with van der Waals surface area (Å²) in [6.07, 6.45) is 0.429. The molecule has 1 N–H and O–H groups in total. The highest BCUT2D eigenvalue weighted by atomic mass is 32.1. The molecule has 1 aromatic heterocycles. The van der Waals surface area contributed by atoms with Crippen LogP contribution in [0.3, 0.4) is 0 Å². The predicted octanol–water partition coefficient (Wildman–Crippen LogP) is 4.08. The Morgan fingerprint density at radius 3 is 2.44 bits per heavy atom. The molecular weight excluding hydrogens is 248 g/mol. The molecule has 0 fully saturated rings. The fraction of sp³-hybridized carbons (Fsp3) is 0.692. The maximum Gasteiger partial charge on any atom is 0.413 e. The molecule has 5 heteroatoms. The van der Waals surface area contributed by atoms with Crippen molar-refractivity contribution in [2.24, 2.45) is 5.41 Å². The van der Waals surface area contributed by atoms with Crippen molar-refractivity contribution in [1.82, 2.24) is 4.98 Å². The molecule has 0 aliphatic heterocycles. The number of carbonyl (C=O) groups excluding carboxylic acids is 1. The van der Waals surface area contributed by atoms with E-state index in [4.69, 9.17) is 4.74 Å². The second-order valence-corrected chi connectivity index (χ2v) is 7.37. The molecule has 0 bridgehead atoms. The van der Waals surface area contributed by atoms with E-state index in [2.05, 4.69) is 31.1 Å². The fourth-order valence-electron chi connectivity index (χ4n) is 1.38. The maximum atomic E-state index is 11.6. The molecule has 0 unspecified atom stereocenters. The monoisotopic (exact) mass is 270 g/mol. The highest BCUT2D eigenvalue weighted by Gasteiger charge is 2.18. The van der Waals surface area contributed by atoms with Crippen LogP contribution >= 0.6 is 11.3 Å². The van der Waals surface area contributed by atoms with Crippen molar-refractivity contribution in [3.63, 3.8) is 0 Å². The zero-order valence-corrected chi connectivity index (χ0v) is 12.8. The second-order valence-electron chi connectivity index (χ2n) is 6.51. The molecule has 1 aromatic rings. The van der Waals surface area contributed by atoms with Gasteiger partial charge in [-0.3, -0.25) is 5.32 Å². The summed E-state index contributed by atoms with van der Waals surface area (Å²) in [6.45, 7) is 12.0. The van der Waals surface area contributed by atoms with Gasteiger partial charge in [-0.05, 0) is 32.6 Å². The van der Waals surface area contributed by atoms with Gasteiger partial charge >= 0.3 is 6.09 Å². The van der Waals surface area contributed by atoms with E-state index in [9.17, 15) is 4.79 Å². The van der Waals surface area contributed by atoms with Gasteiger partial charge in [0.05, 0.1) is 5.69 Å². The SMILES string of the molecule is CC(C)(C)Cc1csc(NC(=O)OC(C)(C)C)n1. The Balaban J connectivity index is 2.57. The summed E-state index contributed by atoms with van der Waals surface area (Å²) in [5.41, 5.74) is 0.700. The highest BCUT2D eigenvalue weighted by Crippen LogP contribution is 2.24. The number of thiazole rings is 1. The molecule has 1 heterocycles. The Hall–Kier alpha value is -1.10. The van der Waals surface area contributed by atoms with E-state index in [1.807, 2.05) is 26.2 Å². The van der Waals surface area contributed by atoms with Gasteiger partial charge in [-0.1, -0.05) is 20.8 Å². The van der Waals surface area contributed by atoms with Gasteiger partial charge in [0.1, 0.15) is 5.60 Å². The number of amides is 1. The van der Waals surface area contributed by atoms with E-state index in [1.165, 1.54) is 11.3 Å². The first-order chi connectivity index (χ1) is 8.05. The lowest BCUT2D eigenvalue weighted by Crippen LogP contribution is -2.27. The zero-order valence-electron chi connectivity index (χ0n) is 12.0. The number of anilines is 1. The Morgan fingerprint density at radius 1 is 1.33 bits per heavy atom. The van der Waals surface area contributed by atoms with Crippen LogP contribution < -0.4 is 5.32 Å². The lowest BCUT2D eigenvalue weighted by Gasteiger charge is -2.19. The van der Waals surface area contributed by atoms with Crippen LogP contribution in [-0.2, 0) is 11.2 Å². The summed E-state index contributed by atoms with van der Waals surface area (Å²) >= 11 is 1.42. The number of hydrogen-bond donors (Lipinski definition) is 1. The standard InChI is InChI=1S/C13H22N2O2S/c1-12(2,3)7-9-8-18-10(14-9)15-11(16)17-13(4,5)6/h8H,7H2,1-6H3,(H,14,15,16). The molecule has 102 valence electrons. The van der Waals surface area contributed by atoms with Crippen molar-refractivity contribution >= 4 is 22.6 Å². The number of carbonyl (C=O) groups is 1. The minimum Gasteiger partial charge on any atom is -0.444 e. The van der Waals surface area contributed by atoms with E-state index < -0.39 is 11.7 Å². The molecule has 4 nitrogen and oxygen atoms in total. The Bertz CT molecular complexity index is 413. The topological polar surface area (TPSA) is 51.2 Å². The van der Waals surface area contributed by atoms with Gasteiger partial charge in [0, 0.05) is 5.38 Å². The Kier molecular flexibility index (Phi) is 4.37. The molecule has 0 spiro atoms. The summed E-state index contributed by atoms with van der Waals surface area (Å²) in [4.78, 5) is 15.9. The van der Waals surface area contributed by atoms with Crippen LogP contribution in [0.4, 0.5) is 9.93 Å². The van der Waals surface area contributed by atoms with E-state index in [0.29, 0.717) is 5.13 Å². The number of hydrogen-bond acceptors (Lipinski definition) is 4. The van der Waals surface area contributed by atoms with Crippen molar-refractivity contribution in [1.29, 1.82) is 0 Å². The van der Waals surface area contributed by atoms with E-state index in [-0.39, 0.29) is 5.41 Å². The maximum absolute atomic E-state index is 11.6. The summed E-state index contributed by atoms with van der Waals surface area (Å²) in [6, 6.07) is 0. The molecule has 1 amide bonds. The van der Waals surface area contributed by atoms with Gasteiger partial charge in [-0.25, -0.2) is 9.78 Å². The summed E-state index contributed by atoms with van der Waals surface area (Å²) < 4.78 is 5.17. The lowest BCUT2D eigenvalue weighted by atomic mass is 9.91. The molecule has 0 radical (unpaired) electrons. The third-order valence-electron chi connectivity index (χ3n) is 1.87. The molecule has 0 aliphatic rings. The predicted molar refractivity (Wildman–Crippen MR) is 75.1 cm³/mol. The summed E-state index contributed by atoms with van der Waals surface area (Å²) in [5.74, 6) is 0. The van der Waals surface area contributed by atoms with Crippen molar-refractivity contribution in [2.75, 3.05) is 5.32 Å². The van der Waals surface area contributed by atoms with Crippen LogP contribution in [-0.4, -0.2) is 16.7 Å². The molecule has 0 saturated heterocycles. The quantitative estimate of drug-likeness (QED) is 0.881. The van der Waals surface area contributed by atoms with Gasteiger partial charge in [-0.2, -0.15) is 0 Å². The van der Waals surface area contributed by atoms with Crippen molar-refractivity contribution in [3.8, 4) is 0 Å². The molecule has 0 aliphatic carbocycles. The van der Waals surface area contributed by atoms with Crippen LogP contribution in [0.2, 0.25) is 0 Å². The zero-order chi connectivity index (χ0) is 14.0. The van der Waals surface area contributed by atoms with Crippen LogP contribution in [0.15, 0.2) is 5.38 Å². The molecule has 18 heavy (non-hydrogen) atoms. The normalized spacial score (nSPS) is 12.3. The smallest absolute Gasteiger partial charge is 0.413 e. The summed E-state index contributed by atoms with van der Waals surface area (Å²) in [7, 11) is 0. The number of ether oxygens (including phenoxy) is 1. The largest absolute Gasteiger partial charge is 0.444 e. The van der Waals surface area contributed by atoms with Gasteiger partial charge < -0.3 is 4.74 Å². The minimum absolute atomic E-state index is 0.192. The average Bonchev–Trinajstić information content (AvgIpc) is 2.44. The van der Waals surface area contributed by atoms with E-state index in [0.717, 1.165) is 12.1 Å². The van der Waals surface area contributed by atoms with Crippen LogP contribution in [0.5, 0.6) is 0 Å². The van der Waals surface area contributed by atoms with E-state index >= 15 is 0 Å². The van der Waals surface area contributed by atoms with Crippen molar-refractivity contribution in [2.45, 2.75) is 53.6 Å². The molecule has 0 atom stereocenters. The van der Waals surface area contributed by atoms with Crippen LogP contribution in [0, 0.1) is 5.41 Å². The first kappa shape index (κ1) is 15.0. The van der Waals surface area contributed by atoms with Crippen LogP contribution in [0.25, 0.3) is 0 Å². The van der Waals surface area contributed by atoms with Gasteiger partial charge in [-0.15, -0.1) is 11.3 Å². The van der Waals surface area contributed by atoms with Gasteiger partial charge in [0.25, 0.3) is 0 Å². The van der Waals surface area contributed by atoms with Crippen molar-refractivity contribution < 1.29 is 9.53 Å². The average molecular weight is 270 g/mol. The fourth-order valence-corrected chi connectivity index (χ4v) is 2.08. The van der Waals surface area contributed by atoms with E-state index in [1.54, 1.807) is 0 Å². The minimum atomic E-state index is -0.490. The first-order valence-corrected chi connectivity index (χ1v) is 6.87. The lowest BCUT2D eigenvalue weighted by molar-refractivity contribution is 0.0636. The molecular formula is C13H22N2O2S. The molecule has 0 saturated carbocycles. The number of nitrogens with zero attached hydrogens (tertiary/aromatic N) is 1. The third-order valence-corrected chi connectivity index (χ3v) is 2.68. The van der Waals surface area contributed by atoms with Crippen LogP contribution in [0.1, 0.15) is 47.2 Å². The summed E-state index contributed by atoms with van der Waals surface area (Å²) in [5, 5.41) is 5.21. The van der Waals surface area contributed by atoms with Crippen molar-refractivity contribution in [3.05, 3.63) is 11.1 Å². The number of rotatable bonds is 2. The van der Waals surface area contributed by atoms with Gasteiger partial charge in [0.15, 0.2) is 5.13 Å². The third kappa shape index (κ3) is 6.00. The number of aromatic nitrogens is 1. The second kappa shape index (κ2) is 5.26. The number of nitrogens with one attached hydrogen (secondary N) is 1. The van der Waals surface area contributed by atoms with Gasteiger partial charge in [0.2, 0.25) is 0 Å². The highest BCUT2D eigenvalue weighted by molar-refractivity contribution is 7.13. The molecule has 0 aromatic carbocycles. The Labute approximate surface area is 113 Å².